The first-order chi connectivity index (χ1) is 7.68. The Morgan fingerprint density at radius 3 is 1.56 bits per heavy atom. The van der Waals surface area contributed by atoms with Gasteiger partial charge in [0.15, 0.2) is 0 Å². The molecule has 0 spiro atoms. The first-order valence-electron chi connectivity index (χ1n) is 7.26. The molecule has 0 saturated heterocycles. The predicted molar refractivity (Wildman–Crippen MR) is 74.4 cm³/mol. The largest absolute Gasteiger partial charge is 0.325 e. The average Bonchev–Trinajstić information content (AvgIpc) is 2.31. The SMILES string of the molecule is [CH2]CC(N)(CCCCCC)CCCCCC. The van der Waals surface area contributed by atoms with Crippen LogP contribution in [0.3, 0.4) is 0 Å². The Morgan fingerprint density at radius 2 is 1.25 bits per heavy atom. The Labute approximate surface area is 103 Å². The maximum absolute atomic E-state index is 6.40. The monoisotopic (exact) mass is 226 g/mol. The van der Waals surface area contributed by atoms with Gasteiger partial charge < -0.3 is 5.73 Å². The molecular formula is C15H32N. The highest BCUT2D eigenvalue weighted by Gasteiger charge is 2.21. The zero-order valence-corrected chi connectivity index (χ0v) is 11.6. The molecule has 0 atom stereocenters. The number of nitrogens with two attached hydrogens (primary N) is 1. The van der Waals surface area contributed by atoms with Crippen molar-refractivity contribution in [2.75, 3.05) is 0 Å². The van der Waals surface area contributed by atoms with E-state index in [1.54, 1.807) is 0 Å². The summed E-state index contributed by atoms with van der Waals surface area (Å²) in [4.78, 5) is 0. The van der Waals surface area contributed by atoms with Crippen LogP contribution in [0.4, 0.5) is 0 Å². The van der Waals surface area contributed by atoms with Crippen LogP contribution in [0.5, 0.6) is 0 Å². The van der Waals surface area contributed by atoms with E-state index < -0.39 is 0 Å². The van der Waals surface area contributed by atoms with E-state index in [2.05, 4.69) is 20.8 Å². The van der Waals surface area contributed by atoms with Gasteiger partial charge in [0.2, 0.25) is 0 Å². The van der Waals surface area contributed by atoms with E-state index in [1.165, 1.54) is 64.2 Å². The van der Waals surface area contributed by atoms with Crippen molar-refractivity contribution in [1.82, 2.24) is 0 Å². The summed E-state index contributed by atoms with van der Waals surface area (Å²) in [6, 6.07) is 0. The summed E-state index contributed by atoms with van der Waals surface area (Å²) >= 11 is 0. The van der Waals surface area contributed by atoms with E-state index in [9.17, 15) is 0 Å². The van der Waals surface area contributed by atoms with Crippen molar-refractivity contribution in [2.45, 2.75) is 90.0 Å². The van der Waals surface area contributed by atoms with Gasteiger partial charge in [-0.2, -0.15) is 0 Å². The van der Waals surface area contributed by atoms with Crippen LogP contribution in [0.1, 0.15) is 84.5 Å². The van der Waals surface area contributed by atoms with Gasteiger partial charge in [-0.3, -0.25) is 0 Å². The molecule has 0 fully saturated rings. The average molecular weight is 226 g/mol. The molecule has 2 N–H and O–H groups in total. The molecule has 1 heteroatoms. The van der Waals surface area contributed by atoms with E-state index in [1.807, 2.05) is 0 Å². The van der Waals surface area contributed by atoms with Gasteiger partial charge >= 0.3 is 0 Å². The molecule has 0 amide bonds. The normalized spacial score (nSPS) is 12.0. The fourth-order valence-electron chi connectivity index (χ4n) is 2.18. The summed E-state index contributed by atoms with van der Waals surface area (Å²) in [5, 5.41) is 0. The fraction of sp³-hybridized carbons (Fsp3) is 0.933. The lowest BCUT2D eigenvalue weighted by Gasteiger charge is -2.28. The van der Waals surface area contributed by atoms with E-state index >= 15 is 0 Å². The van der Waals surface area contributed by atoms with Gasteiger partial charge in [-0.15, -0.1) is 0 Å². The molecule has 0 aliphatic rings. The number of rotatable bonds is 11. The quantitative estimate of drug-likeness (QED) is 0.501. The van der Waals surface area contributed by atoms with Gasteiger partial charge in [-0.25, -0.2) is 0 Å². The van der Waals surface area contributed by atoms with Gasteiger partial charge in [-0.05, 0) is 19.3 Å². The van der Waals surface area contributed by atoms with Crippen LogP contribution in [-0.4, -0.2) is 5.54 Å². The van der Waals surface area contributed by atoms with Crippen LogP contribution < -0.4 is 5.73 Å². The maximum Gasteiger partial charge on any atom is 0.0154 e. The predicted octanol–water partition coefficient (Wildman–Crippen LogP) is 4.85. The van der Waals surface area contributed by atoms with Gasteiger partial charge in [-0.1, -0.05) is 72.1 Å². The van der Waals surface area contributed by atoms with Crippen molar-refractivity contribution in [1.29, 1.82) is 0 Å². The lowest BCUT2D eigenvalue weighted by molar-refractivity contribution is 0.337. The summed E-state index contributed by atoms with van der Waals surface area (Å²) in [5.41, 5.74) is 6.43. The van der Waals surface area contributed by atoms with Crippen molar-refractivity contribution in [2.24, 2.45) is 5.73 Å². The summed E-state index contributed by atoms with van der Waals surface area (Å²) < 4.78 is 0. The van der Waals surface area contributed by atoms with E-state index in [-0.39, 0.29) is 5.54 Å². The molecule has 0 bridgehead atoms. The van der Waals surface area contributed by atoms with Crippen LogP contribution in [0.25, 0.3) is 0 Å². The molecule has 1 nitrogen and oxygen atoms in total. The Bertz CT molecular complexity index is 130. The topological polar surface area (TPSA) is 26.0 Å². The summed E-state index contributed by atoms with van der Waals surface area (Å²) in [6.45, 7) is 8.53. The minimum Gasteiger partial charge on any atom is -0.325 e. The highest BCUT2D eigenvalue weighted by Crippen LogP contribution is 2.23. The molecule has 97 valence electrons. The van der Waals surface area contributed by atoms with Gasteiger partial charge in [0, 0.05) is 5.54 Å². The molecule has 16 heavy (non-hydrogen) atoms. The second-order valence-corrected chi connectivity index (χ2v) is 5.23. The third-order valence-electron chi connectivity index (χ3n) is 3.55. The van der Waals surface area contributed by atoms with E-state index in [4.69, 9.17) is 5.73 Å². The van der Waals surface area contributed by atoms with Crippen LogP contribution >= 0.6 is 0 Å². The van der Waals surface area contributed by atoms with Gasteiger partial charge in [0.25, 0.3) is 0 Å². The first-order valence-corrected chi connectivity index (χ1v) is 7.26. The minimum absolute atomic E-state index is 0.0292. The Hall–Kier alpha value is -0.0400. The molecule has 0 heterocycles. The van der Waals surface area contributed by atoms with Crippen molar-refractivity contribution in [3.8, 4) is 0 Å². The van der Waals surface area contributed by atoms with Crippen LogP contribution in [-0.2, 0) is 0 Å². The molecule has 0 aliphatic carbocycles. The second kappa shape index (κ2) is 10.1. The fourth-order valence-corrected chi connectivity index (χ4v) is 2.18. The Kier molecular flexibility index (Phi) is 10.1. The molecule has 0 unspecified atom stereocenters. The minimum atomic E-state index is 0.0292. The van der Waals surface area contributed by atoms with E-state index in [0.717, 1.165) is 6.42 Å². The number of hydrogen-bond donors (Lipinski definition) is 1. The summed E-state index contributed by atoms with van der Waals surface area (Å²) in [6.07, 6.45) is 13.8. The zero-order chi connectivity index (χ0) is 12.3. The third kappa shape index (κ3) is 8.15. The lowest BCUT2D eigenvalue weighted by Crippen LogP contribution is -2.39. The first kappa shape index (κ1) is 16.0. The highest BCUT2D eigenvalue weighted by molar-refractivity contribution is 4.84. The molecule has 0 saturated carbocycles. The highest BCUT2D eigenvalue weighted by atomic mass is 14.7. The van der Waals surface area contributed by atoms with Crippen molar-refractivity contribution in [3.63, 3.8) is 0 Å². The van der Waals surface area contributed by atoms with Crippen LogP contribution in [0.2, 0.25) is 0 Å². The number of hydrogen-bond acceptors (Lipinski definition) is 1. The van der Waals surface area contributed by atoms with Crippen molar-refractivity contribution < 1.29 is 0 Å². The Balaban J connectivity index is 3.64. The molecule has 0 aromatic rings. The molecule has 0 aromatic heterocycles. The molecular weight excluding hydrogens is 194 g/mol. The summed E-state index contributed by atoms with van der Waals surface area (Å²) in [7, 11) is 0. The lowest BCUT2D eigenvalue weighted by atomic mass is 9.85. The third-order valence-corrected chi connectivity index (χ3v) is 3.55. The van der Waals surface area contributed by atoms with Gasteiger partial charge in [0.05, 0.1) is 0 Å². The van der Waals surface area contributed by atoms with Crippen LogP contribution in [0.15, 0.2) is 0 Å². The molecule has 0 aliphatic heterocycles. The standard InChI is InChI=1S/C15H32N/c1-4-7-9-11-13-15(16,6-3)14-12-10-8-5-2/h3-14,16H2,1-2H3. The maximum atomic E-state index is 6.40. The summed E-state index contributed by atoms with van der Waals surface area (Å²) in [5.74, 6) is 0. The van der Waals surface area contributed by atoms with Crippen molar-refractivity contribution in [3.05, 3.63) is 6.92 Å². The van der Waals surface area contributed by atoms with Crippen molar-refractivity contribution >= 4 is 0 Å². The smallest absolute Gasteiger partial charge is 0.0154 e. The van der Waals surface area contributed by atoms with E-state index in [0.29, 0.717) is 0 Å². The number of unbranched alkanes of at least 4 members (excludes halogenated alkanes) is 6. The zero-order valence-electron chi connectivity index (χ0n) is 11.6. The van der Waals surface area contributed by atoms with Crippen LogP contribution in [0, 0.1) is 6.92 Å². The second-order valence-electron chi connectivity index (χ2n) is 5.23. The molecule has 0 rings (SSSR count). The van der Waals surface area contributed by atoms with Gasteiger partial charge in [0.1, 0.15) is 0 Å². The molecule has 0 aromatic carbocycles. The molecule has 1 radical (unpaired) electrons. The Morgan fingerprint density at radius 1 is 0.812 bits per heavy atom.